The van der Waals surface area contributed by atoms with E-state index in [9.17, 15) is 14.4 Å². The Morgan fingerprint density at radius 1 is 0.824 bits per heavy atom. The van der Waals surface area contributed by atoms with Gasteiger partial charge < -0.3 is 15.4 Å². The molecule has 0 aliphatic rings. The first kappa shape index (κ1) is 25.3. The summed E-state index contributed by atoms with van der Waals surface area (Å²) >= 11 is 7.50. The summed E-state index contributed by atoms with van der Waals surface area (Å²) in [6.45, 7) is 1.56. The van der Waals surface area contributed by atoms with Crippen LogP contribution in [0, 0.1) is 6.92 Å². The highest BCUT2D eigenvalue weighted by Gasteiger charge is 2.10. The summed E-state index contributed by atoms with van der Waals surface area (Å²) in [6.07, 6.45) is 0.558. The average molecular weight is 497 g/mol. The van der Waals surface area contributed by atoms with E-state index >= 15 is 0 Å². The van der Waals surface area contributed by atoms with Crippen LogP contribution in [0.5, 0.6) is 0 Å². The van der Waals surface area contributed by atoms with Crippen molar-refractivity contribution in [3.63, 3.8) is 0 Å². The zero-order valence-corrected chi connectivity index (χ0v) is 20.2. The molecule has 0 heterocycles. The van der Waals surface area contributed by atoms with Crippen molar-refractivity contribution >= 4 is 52.5 Å². The van der Waals surface area contributed by atoms with Crippen molar-refractivity contribution in [1.29, 1.82) is 0 Å². The van der Waals surface area contributed by atoms with Gasteiger partial charge in [0.15, 0.2) is 6.61 Å². The predicted octanol–water partition coefficient (Wildman–Crippen LogP) is 6.09. The van der Waals surface area contributed by atoms with Gasteiger partial charge in [-0.15, -0.1) is 0 Å². The van der Waals surface area contributed by atoms with E-state index in [0.717, 1.165) is 15.4 Å². The molecule has 0 saturated heterocycles. The summed E-state index contributed by atoms with van der Waals surface area (Å²) in [4.78, 5) is 38.0. The number of nitrogens with one attached hydrogen (secondary N) is 2. The number of benzene rings is 3. The van der Waals surface area contributed by atoms with Crippen LogP contribution in [0.25, 0.3) is 0 Å². The first-order valence-electron chi connectivity index (χ1n) is 10.7. The minimum absolute atomic E-state index is 0.0574. The van der Waals surface area contributed by atoms with Crippen LogP contribution in [-0.2, 0) is 19.1 Å². The Balaban J connectivity index is 1.32. The third kappa shape index (κ3) is 8.92. The lowest BCUT2D eigenvalue weighted by Gasteiger charge is -2.08. The Hall–Kier alpha value is -3.29. The van der Waals surface area contributed by atoms with Gasteiger partial charge in [-0.25, -0.2) is 0 Å². The van der Waals surface area contributed by atoms with Gasteiger partial charge in [-0.3, -0.25) is 14.4 Å². The van der Waals surface area contributed by atoms with E-state index in [0.29, 0.717) is 22.8 Å². The van der Waals surface area contributed by atoms with Crippen LogP contribution in [0.1, 0.15) is 24.8 Å². The fourth-order valence-corrected chi connectivity index (χ4v) is 3.94. The highest BCUT2D eigenvalue weighted by atomic mass is 35.5. The molecule has 176 valence electrons. The Morgan fingerprint density at radius 2 is 1.47 bits per heavy atom. The molecule has 3 aromatic rings. The van der Waals surface area contributed by atoms with Gasteiger partial charge in [0.05, 0.1) is 0 Å². The van der Waals surface area contributed by atoms with E-state index < -0.39 is 11.9 Å². The van der Waals surface area contributed by atoms with E-state index in [1.807, 2.05) is 73.7 Å². The van der Waals surface area contributed by atoms with Crippen LogP contribution in [0.15, 0.2) is 82.6 Å². The standard InChI is InChI=1S/C26H25ClN2O4S/c1-18-4-2-5-21(16-18)29-25(31)17-33-26(32)7-3-6-24(30)28-20-10-14-23(15-11-20)34-22-12-8-19(27)9-13-22/h2,4-5,8-16H,3,6-7,17H2,1H3,(H,28,30)(H,29,31). The van der Waals surface area contributed by atoms with Gasteiger partial charge in [0, 0.05) is 39.0 Å². The number of esters is 1. The van der Waals surface area contributed by atoms with E-state index in [1.165, 1.54) is 0 Å². The van der Waals surface area contributed by atoms with Crippen molar-refractivity contribution in [2.45, 2.75) is 36.0 Å². The molecule has 0 radical (unpaired) electrons. The maximum Gasteiger partial charge on any atom is 0.306 e. The Morgan fingerprint density at radius 3 is 2.15 bits per heavy atom. The molecule has 3 aromatic carbocycles. The monoisotopic (exact) mass is 496 g/mol. The van der Waals surface area contributed by atoms with E-state index in [2.05, 4.69) is 10.6 Å². The largest absolute Gasteiger partial charge is 0.456 e. The molecule has 2 amide bonds. The molecule has 0 bridgehead atoms. The van der Waals surface area contributed by atoms with Crippen molar-refractivity contribution in [2.75, 3.05) is 17.2 Å². The van der Waals surface area contributed by atoms with Gasteiger partial charge in [-0.05, 0) is 79.6 Å². The lowest BCUT2D eigenvalue weighted by molar-refractivity contribution is -0.147. The lowest BCUT2D eigenvalue weighted by atomic mass is 10.2. The molecule has 0 saturated carbocycles. The smallest absolute Gasteiger partial charge is 0.306 e. The molecular formula is C26H25ClN2O4S. The number of hydrogen-bond donors (Lipinski definition) is 2. The van der Waals surface area contributed by atoms with Crippen LogP contribution in [-0.4, -0.2) is 24.4 Å². The number of anilines is 2. The highest BCUT2D eigenvalue weighted by Crippen LogP contribution is 2.29. The molecule has 0 atom stereocenters. The van der Waals surface area contributed by atoms with Crippen molar-refractivity contribution < 1.29 is 19.1 Å². The van der Waals surface area contributed by atoms with Gasteiger partial charge in [-0.1, -0.05) is 35.5 Å². The third-order valence-electron chi connectivity index (χ3n) is 4.64. The van der Waals surface area contributed by atoms with Crippen LogP contribution in [0.3, 0.4) is 0 Å². The van der Waals surface area contributed by atoms with Crippen molar-refractivity contribution in [2.24, 2.45) is 0 Å². The molecule has 0 aliphatic heterocycles. The second-order valence-corrected chi connectivity index (χ2v) is 9.14. The van der Waals surface area contributed by atoms with Gasteiger partial charge in [0.1, 0.15) is 0 Å². The highest BCUT2D eigenvalue weighted by molar-refractivity contribution is 7.99. The first-order valence-corrected chi connectivity index (χ1v) is 11.9. The SMILES string of the molecule is Cc1cccc(NC(=O)COC(=O)CCCC(=O)Nc2ccc(Sc3ccc(Cl)cc3)cc2)c1. The van der Waals surface area contributed by atoms with Gasteiger partial charge in [0.25, 0.3) is 5.91 Å². The quantitative estimate of drug-likeness (QED) is 0.332. The fourth-order valence-electron chi connectivity index (χ4n) is 3.00. The Bertz CT molecular complexity index is 1130. The lowest BCUT2D eigenvalue weighted by Crippen LogP contribution is -2.21. The molecule has 3 rings (SSSR count). The second-order valence-electron chi connectivity index (χ2n) is 7.56. The van der Waals surface area contributed by atoms with Crippen LogP contribution in [0.2, 0.25) is 5.02 Å². The summed E-state index contributed by atoms with van der Waals surface area (Å²) in [5.41, 5.74) is 2.34. The third-order valence-corrected chi connectivity index (χ3v) is 5.91. The van der Waals surface area contributed by atoms with Crippen molar-refractivity contribution in [3.8, 4) is 0 Å². The van der Waals surface area contributed by atoms with E-state index in [4.69, 9.17) is 16.3 Å². The molecule has 2 N–H and O–H groups in total. The van der Waals surface area contributed by atoms with Crippen LogP contribution in [0.4, 0.5) is 11.4 Å². The molecule has 0 aliphatic carbocycles. The number of hydrogen-bond acceptors (Lipinski definition) is 5. The van der Waals surface area contributed by atoms with Gasteiger partial charge in [-0.2, -0.15) is 0 Å². The minimum atomic E-state index is -0.518. The fraction of sp³-hybridized carbons (Fsp3) is 0.192. The number of carbonyl (C=O) groups is 3. The summed E-state index contributed by atoms with van der Waals surface area (Å²) in [6, 6.07) is 22.4. The minimum Gasteiger partial charge on any atom is -0.456 e. The molecule has 34 heavy (non-hydrogen) atoms. The number of halogens is 1. The number of ether oxygens (including phenoxy) is 1. The molecule has 6 nitrogen and oxygen atoms in total. The van der Waals surface area contributed by atoms with Crippen molar-refractivity contribution in [1.82, 2.24) is 0 Å². The summed E-state index contributed by atoms with van der Waals surface area (Å²) < 4.78 is 4.98. The van der Waals surface area contributed by atoms with E-state index in [1.54, 1.807) is 17.8 Å². The van der Waals surface area contributed by atoms with Crippen molar-refractivity contribution in [3.05, 3.63) is 83.4 Å². The maximum absolute atomic E-state index is 12.2. The molecule has 8 heteroatoms. The number of rotatable bonds is 10. The van der Waals surface area contributed by atoms with Gasteiger partial charge in [0.2, 0.25) is 5.91 Å². The van der Waals surface area contributed by atoms with E-state index in [-0.39, 0.29) is 25.4 Å². The second kappa shape index (κ2) is 12.8. The molecular weight excluding hydrogens is 472 g/mol. The molecule has 0 fully saturated rings. The molecule has 0 unspecified atom stereocenters. The topological polar surface area (TPSA) is 84.5 Å². The zero-order valence-electron chi connectivity index (χ0n) is 18.7. The summed E-state index contributed by atoms with van der Waals surface area (Å²) in [7, 11) is 0. The van der Waals surface area contributed by atoms with Gasteiger partial charge >= 0.3 is 5.97 Å². The normalized spacial score (nSPS) is 10.4. The summed E-state index contributed by atoms with van der Waals surface area (Å²) in [5.74, 6) is -1.12. The Labute approximate surface area is 208 Å². The number of aryl methyl sites for hydroxylation is 1. The molecule has 0 spiro atoms. The first-order chi connectivity index (χ1) is 16.4. The summed E-state index contributed by atoms with van der Waals surface area (Å²) in [5, 5.41) is 6.18. The Kier molecular flexibility index (Phi) is 9.55. The zero-order chi connectivity index (χ0) is 24.3. The van der Waals surface area contributed by atoms with Crippen LogP contribution >= 0.6 is 23.4 Å². The number of amides is 2. The average Bonchev–Trinajstić information content (AvgIpc) is 2.80. The number of carbonyl (C=O) groups excluding carboxylic acids is 3. The molecule has 0 aromatic heterocycles. The van der Waals surface area contributed by atoms with Crippen LogP contribution < -0.4 is 10.6 Å². The predicted molar refractivity (Wildman–Crippen MR) is 135 cm³/mol. The maximum atomic E-state index is 12.2.